The molecule has 0 fully saturated rings. The summed E-state index contributed by atoms with van der Waals surface area (Å²) in [6.45, 7) is 6.69. The summed E-state index contributed by atoms with van der Waals surface area (Å²) in [5.74, 6) is 1.61. The van der Waals surface area contributed by atoms with Crippen LogP contribution in [0, 0.1) is 0 Å². The van der Waals surface area contributed by atoms with Crippen molar-refractivity contribution in [2.75, 3.05) is 20.3 Å². The molecule has 0 aliphatic rings. The summed E-state index contributed by atoms with van der Waals surface area (Å²) in [7, 11) is 1.67. The van der Waals surface area contributed by atoms with Gasteiger partial charge in [-0.1, -0.05) is 13.0 Å². The van der Waals surface area contributed by atoms with Gasteiger partial charge in [-0.2, -0.15) is 0 Å². The Kier molecular flexibility index (Phi) is 8.64. The van der Waals surface area contributed by atoms with Gasteiger partial charge in [-0.3, -0.25) is 0 Å². The summed E-state index contributed by atoms with van der Waals surface area (Å²) in [4.78, 5) is 0. The maximum atomic E-state index is 5.46. The Bertz CT molecular complexity index is 318. The number of halogens is 1. The Hall–Kier alpha value is -0.930. The molecule has 1 aromatic carbocycles. The van der Waals surface area contributed by atoms with Crippen molar-refractivity contribution in [3.05, 3.63) is 23.8 Å². The van der Waals surface area contributed by atoms with E-state index in [4.69, 9.17) is 9.47 Å². The van der Waals surface area contributed by atoms with Crippen molar-refractivity contribution in [3.63, 3.8) is 0 Å². The smallest absolute Gasteiger partial charge is 0.161 e. The first kappa shape index (κ1) is 16.1. The molecule has 0 bridgehead atoms. The Morgan fingerprint density at radius 2 is 1.94 bits per heavy atom. The van der Waals surface area contributed by atoms with Gasteiger partial charge in [-0.05, 0) is 37.6 Å². The molecule has 0 saturated heterocycles. The number of hydrogen-bond donors (Lipinski definition) is 1. The molecule has 98 valence electrons. The normalized spacial score (nSPS) is 9.59. The van der Waals surface area contributed by atoms with E-state index < -0.39 is 0 Å². The number of benzene rings is 1. The van der Waals surface area contributed by atoms with E-state index >= 15 is 0 Å². The van der Waals surface area contributed by atoms with Crippen LogP contribution in [-0.4, -0.2) is 20.3 Å². The predicted octanol–water partition coefficient (Wildman–Crippen LogP) is 3.02. The highest BCUT2D eigenvalue weighted by atomic mass is 35.5. The highest BCUT2D eigenvalue weighted by molar-refractivity contribution is 5.85. The molecule has 0 unspecified atom stereocenters. The van der Waals surface area contributed by atoms with E-state index in [1.807, 2.05) is 19.1 Å². The zero-order chi connectivity index (χ0) is 11.8. The van der Waals surface area contributed by atoms with Gasteiger partial charge in [0.05, 0.1) is 13.7 Å². The fourth-order valence-electron chi connectivity index (χ4n) is 1.51. The summed E-state index contributed by atoms with van der Waals surface area (Å²) in [6, 6.07) is 6.05. The molecule has 0 saturated carbocycles. The summed E-state index contributed by atoms with van der Waals surface area (Å²) in [6.07, 6.45) is 1.15. The monoisotopic (exact) mass is 259 g/mol. The molecule has 17 heavy (non-hydrogen) atoms. The van der Waals surface area contributed by atoms with Gasteiger partial charge >= 0.3 is 0 Å². The summed E-state index contributed by atoms with van der Waals surface area (Å²) in [5.41, 5.74) is 1.22. The number of ether oxygens (including phenoxy) is 2. The topological polar surface area (TPSA) is 30.5 Å². The van der Waals surface area contributed by atoms with Crippen LogP contribution in [0.15, 0.2) is 18.2 Å². The van der Waals surface area contributed by atoms with Crippen molar-refractivity contribution in [2.24, 2.45) is 0 Å². The van der Waals surface area contributed by atoms with E-state index in [0.717, 1.165) is 31.0 Å². The maximum absolute atomic E-state index is 5.46. The van der Waals surface area contributed by atoms with Crippen molar-refractivity contribution in [1.82, 2.24) is 5.32 Å². The van der Waals surface area contributed by atoms with Gasteiger partial charge in [0.15, 0.2) is 11.5 Å². The number of methoxy groups -OCH3 is 1. The maximum Gasteiger partial charge on any atom is 0.161 e. The fraction of sp³-hybridized carbons (Fsp3) is 0.538. The van der Waals surface area contributed by atoms with E-state index in [1.165, 1.54) is 5.56 Å². The van der Waals surface area contributed by atoms with Crippen LogP contribution < -0.4 is 14.8 Å². The van der Waals surface area contributed by atoms with Gasteiger partial charge < -0.3 is 14.8 Å². The van der Waals surface area contributed by atoms with E-state index in [-0.39, 0.29) is 12.4 Å². The molecule has 0 aliphatic carbocycles. The van der Waals surface area contributed by atoms with Crippen LogP contribution in [0.25, 0.3) is 0 Å². The number of rotatable bonds is 7. The lowest BCUT2D eigenvalue weighted by Crippen LogP contribution is -2.13. The molecular formula is C13H22ClNO2. The minimum atomic E-state index is 0. The molecule has 1 aromatic rings. The average molecular weight is 260 g/mol. The van der Waals surface area contributed by atoms with Crippen LogP contribution in [0.1, 0.15) is 25.8 Å². The lowest BCUT2D eigenvalue weighted by atomic mass is 10.2. The highest BCUT2D eigenvalue weighted by Gasteiger charge is 2.04. The standard InChI is InChI=1S/C13H21NO2.ClH/c1-4-8-14-10-11-6-7-12(16-5-2)13(9-11)15-3;/h6-7,9,14H,4-5,8,10H2,1-3H3;1H. The molecule has 0 aliphatic heterocycles. The Morgan fingerprint density at radius 1 is 1.18 bits per heavy atom. The zero-order valence-corrected chi connectivity index (χ0v) is 11.6. The second kappa shape index (κ2) is 9.14. The van der Waals surface area contributed by atoms with E-state index in [0.29, 0.717) is 6.61 Å². The lowest BCUT2D eigenvalue weighted by molar-refractivity contribution is 0.310. The van der Waals surface area contributed by atoms with E-state index in [9.17, 15) is 0 Å². The highest BCUT2D eigenvalue weighted by Crippen LogP contribution is 2.27. The molecule has 0 aromatic heterocycles. The van der Waals surface area contributed by atoms with Crippen LogP contribution in [0.4, 0.5) is 0 Å². The first-order valence-corrected chi connectivity index (χ1v) is 5.82. The number of nitrogens with one attached hydrogen (secondary N) is 1. The summed E-state index contributed by atoms with van der Waals surface area (Å²) < 4.78 is 10.8. The van der Waals surface area contributed by atoms with Crippen molar-refractivity contribution >= 4 is 12.4 Å². The third-order valence-corrected chi connectivity index (χ3v) is 2.28. The minimum absolute atomic E-state index is 0. The van der Waals surface area contributed by atoms with Crippen LogP contribution in [-0.2, 0) is 6.54 Å². The largest absolute Gasteiger partial charge is 0.493 e. The fourth-order valence-corrected chi connectivity index (χ4v) is 1.51. The third-order valence-electron chi connectivity index (χ3n) is 2.28. The molecule has 0 atom stereocenters. The first-order valence-electron chi connectivity index (χ1n) is 5.82. The quantitative estimate of drug-likeness (QED) is 0.764. The Morgan fingerprint density at radius 3 is 2.53 bits per heavy atom. The van der Waals surface area contributed by atoms with Crippen LogP contribution in [0.3, 0.4) is 0 Å². The van der Waals surface area contributed by atoms with Crippen LogP contribution in [0.5, 0.6) is 11.5 Å². The van der Waals surface area contributed by atoms with Gasteiger partial charge in [0.1, 0.15) is 0 Å². The summed E-state index contributed by atoms with van der Waals surface area (Å²) in [5, 5.41) is 3.36. The van der Waals surface area contributed by atoms with Gasteiger partial charge in [0, 0.05) is 6.54 Å². The van der Waals surface area contributed by atoms with Gasteiger partial charge in [0.25, 0.3) is 0 Å². The molecule has 3 nitrogen and oxygen atoms in total. The van der Waals surface area contributed by atoms with Crippen molar-refractivity contribution in [2.45, 2.75) is 26.8 Å². The zero-order valence-electron chi connectivity index (χ0n) is 10.8. The van der Waals surface area contributed by atoms with E-state index in [2.05, 4.69) is 18.3 Å². The molecular weight excluding hydrogens is 238 g/mol. The molecule has 0 spiro atoms. The Balaban J connectivity index is 0.00000256. The van der Waals surface area contributed by atoms with Gasteiger partial charge in [0.2, 0.25) is 0 Å². The van der Waals surface area contributed by atoms with Crippen LogP contribution in [0.2, 0.25) is 0 Å². The van der Waals surface area contributed by atoms with Crippen molar-refractivity contribution in [1.29, 1.82) is 0 Å². The molecule has 1 N–H and O–H groups in total. The first-order chi connectivity index (χ1) is 7.81. The molecule has 4 heteroatoms. The van der Waals surface area contributed by atoms with Gasteiger partial charge in [-0.15, -0.1) is 12.4 Å². The van der Waals surface area contributed by atoms with Gasteiger partial charge in [-0.25, -0.2) is 0 Å². The predicted molar refractivity (Wildman–Crippen MR) is 73.4 cm³/mol. The average Bonchev–Trinajstić information content (AvgIpc) is 2.31. The molecule has 0 heterocycles. The molecule has 0 radical (unpaired) electrons. The van der Waals surface area contributed by atoms with Crippen molar-refractivity contribution in [3.8, 4) is 11.5 Å². The SMILES string of the molecule is CCCNCc1ccc(OCC)c(OC)c1.Cl. The third kappa shape index (κ3) is 5.29. The summed E-state index contributed by atoms with van der Waals surface area (Å²) >= 11 is 0. The number of hydrogen-bond acceptors (Lipinski definition) is 3. The van der Waals surface area contributed by atoms with E-state index in [1.54, 1.807) is 7.11 Å². The van der Waals surface area contributed by atoms with Crippen LogP contribution >= 0.6 is 12.4 Å². The molecule has 0 amide bonds. The Labute approximate surface area is 110 Å². The minimum Gasteiger partial charge on any atom is -0.493 e. The lowest BCUT2D eigenvalue weighted by Gasteiger charge is -2.11. The van der Waals surface area contributed by atoms with Crippen molar-refractivity contribution < 1.29 is 9.47 Å². The second-order valence-electron chi connectivity index (χ2n) is 3.60. The second-order valence-corrected chi connectivity index (χ2v) is 3.60. The molecule has 1 rings (SSSR count).